The largest absolute Gasteiger partial charge is 0.480 e. The molecule has 1 heterocycles. The van der Waals surface area contributed by atoms with Crippen molar-refractivity contribution < 1.29 is 19.8 Å². The second-order valence-electron chi connectivity index (χ2n) is 3.90. The molecule has 1 rings (SSSR count). The molecule has 1 fully saturated rings. The van der Waals surface area contributed by atoms with Crippen molar-refractivity contribution in [3.8, 4) is 0 Å². The molecule has 1 aliphatic rings. The predicted octanol–water partition coefficient (Wildman–Crippen LogP) is -0.967. The van der Waals surface area contributed by atoms with E-state index in [0.29, 0.717) is 0 Å². The van der Waals surface area contributed by atoms with Crippen LogP contribution in [0, 0.1) is 0 Å². The average molecular weight is 262 g/mol. The summed E-state index contributed by atoms with van der Waals surface area (Å²) in [5.41, 5.74) is 0. The fourth-order valence-electron chi connectivity index (χ4n) is 1.61. The lowest BCUT2D eigenvalue weighted by atomic mass is 10.1. The molecular formula is C10H18N2O4S. The summed E-state index contributed by atoms with van der Waals surface area (Å²) in [5.74, 6) is 0.509. The Kier molecular flexibility index (Phi) is 6.31. The van der Waals surface area contributed by atoms with Crippen LogP contribution in [0.2, 0.25) is 0 Å². The first kappa shape index (κ1) is 14.3. The molecule has 0 radical (unpaired) electrons. The first-order valence-electron chi connectivity index (χ1n) is 5.57. The van der Waals surface area contributed by atoms with E-state index in [4.69, 9.17) is 10.2 Å². The quantitative estimate of drug-likeness (QED) is 0.492. The van der Waals surface area contributed by atoms with Crippen molar-refractivity contribution >= 4 is 23.6 Å². The zero-order valence-electron chi connectivity index (χ0n) is 9.52. The second-order valence-corrected chi connectivity index (χ2v) is 5.05. The van der Waals surface area contributed by atoms with E-state index in [1.807, 2.05) is 0 Å². The molecule has 2 atom stereocenters. The Morgan fingerprint density at radius 2 is 2.29 bits per heavy atom. The van der Waals surface area contributed by atoms with Gasteiger partial charge in [-0.2, -0.15) is 11.8 Å². The summed E-state index contributed by atoms with van der Waals surface area (Å²) in [6.07, 6.45) is 0.316. The van der Waals surface area contributed by atoms with Crippen molar-refractivity contribution in [2.24, 2.45) is 0 Å². The summed E-state index contributed by atoms with van der Waals surface area (Å²) >= 11 is 1.78. The molecule has 1 unspecified atom stereocenters. The van der Waals surface area contributed by atoms with Gasteiger partial charge in [0.05, 0.1) is 0 Å². The third-order valence-corrected chi connectivity index (χ3v) is 3.61. The van der Waals surface area contributed by atoms with E-state index in [0.717, 1.165) is 18.1 Å². The van der Waals surface area contributed by atoms with Crippen LogP contribution in [-0.4, -0.2) is 58.8 Å². The monoisotopic (exact) mass is 262 g/mol. The Morgan fingerprint density at radius 1 is 1.53 bits per heavy atom. The minimum Gasteiger partial charge on any atom is -0.480 e. The number of hydrogen-bond acceptors (Lipinski definition) is 5. The number of carbonyl (C=O) groups is 2. The fourth-order valence-corrected chi connectivity index (χ4v) is 2.56. The minimum atomic E-state index is -1.11. The second kappa shape index (κ2) is 7.52. The SMILES string of the molecule is O=C(CC1CSCCN1)N[C@@H](CCO)C(=O)O. The van der Waals surface area contributed by atoms with Gasteiger partial charge in [-0.3, -0.25) is 4.79 Å². The maximum absolute atomic E-state index is 11.6. The molecule has 1 saturated heterocycles. The van der Waals surface area contributed by atoms with Crippen LogP contribution in [0.3, 0.4) is 0 Å². The number of aliphatic carboxylic acids is 1. The summed E-state index contributed by atoms with van der Waals surface area (Å²) < 4.78 is 0. The number of hydrogen-bond donors (Lipinski definition) is 4. The van der Waals surface area contributed by atoms with Gasteiger partial charge in [0.1, 0.15) is 6.04 Å². The zero-order valence-corrected chi connectivity index (χ0v) is 10.3. The molecule has 98 valence electrons. The lowest BCUT2D eigenvalue weighted by Gasteiger charge is -2.23. The van der Waals surface area contributed by atoms with Crippen LogP contribution in [0.5, 0.6) is 0 Å². The van der Waals surface area contributed by atoms with Gasteiger partial charge in [0.2, 0.25) is 5.91 Å². The van der Waals surface area contributed by atoms with Crippen LogP contribution in [-0.2, 0) is 9.59 Å². The molecule has 0 bridgehead atoms. The Balaban J connectivity index is 2.33. The highest BCUT2D eigenvalue weighted by atomic mass is 32.2. The van der Waals surface area contributed by atoms with E-state index in [9.17, 15) is 9.59 Å². The number of carbonyl (C=O) groups excluding carboxylic acids is 1. The molecule has 0 aliphatic carbocycles. The van der Waals surface area contributed by atoms with Gasteiger partial charge in [-0.1, -0.05) is 0 Å². The van der Waals surface area contributed by atoms with Gasteiger partial charge in [0, 0.05) is 43.5 Å². The normalized spacial score (nSPS) is 21.8. The van der Waals surface area contributed by atoms with Gasteiger partial charge in [0.25, 0.3) is 0 Å². The number of aliphatic hydroxyl groups is 1. The molecule has 6 nitrogen and oxygen atoms in total. The first-order valence-corrected chi connectivity index (χ1v) is 6.73. The van der Waals surface area contributed by atoms with Gasteiger partial charge in [-0.25, -0.2) is 4.79 Å². The molecule has 1 amide bonds. The molecule has 0 saturated carbocycles. The molecule has 0 aromatic rings. The van der Waals surface area contributed by atoms with E-state index in [1.165, 1.54) is 0 Å². The third-order valence-electron chi connectivity index (χ3n) is 2.48. The van der Waals surface area contributed by atoms with Crippen LogP contribution < -0.4 is 10.6 Å². The predicted molar refractivity (Wildman–Crippen MR) is 65.0 cm³/mol. The van der Waals surface area contributed by atoms with Gasteiger partial charge in [-0.05, 0) is 0 Å². The summed E-state index contributed by atoms with van der Waals surface area (Å²) in [6.45, 7) is 0.621. The number of rotatable bonds is 6. The number of carboxylic acid groups (broad SMARTS) is 1. The highest BCUT2D eigenvalue weighted by Crippen LogP contribution is 2.10. The van der Waals surface area contributed by atoms with Gasteiger partial charge in [0.15, 0.2) is 0 Å². The van der Waals surface area contributed by atoms with E-state index < -0.39 is 12.0 Å². The molecule has 0 aromatic heterocycles. The Hall–Kier alpha value is -0.790. The standard InChI is InChI=1S/C10H18N2O4S/c13-3-1-8(10(15)16)12-9(14)5-7-6-17-4-2-11-7/h7-8,11,13H,1-6H2,(H,12,14)(H,15,16)/t7?,8-/m0/s1. The highest BCUT2D eigenvalue weighted by molar-refractivity contribution is 7.99. The average Bonchev–Trinajstić information content (AvgIpc) is 2.29. The van der Waals surface area contributed by atoms with Gasteiger partial charge >= 0.3 is 5.97 Å². The number of carboxylic acids is 1. The Bertz CT molecular complexity index is 269. The van der Waals surface area contributed by atoms with Crippen molar-refractivity contribution in [3.63, 3.8) is 0 Å². The maximum atomic E-state index is 11.6. The topological polar surface area (TPSA) is 98.7 Å². The van der Waals surface area contributed by atoms with E-state index in [2.05, 4.69) is 10.6 Å². The molecule has 0 aromatic carbocycles. The number of amides is 1. The first-order chi connectivity index (χ1) is 8.13. The third kappa shape index (κ3) is 5.38. The highest BCUT2D eigenvalue weighted by Gasteiger charge is 2.22. The Labute approximate surface area is 104 Å². The van der Waals surface area contributed by atoms with Crippen molar-refractivity contribution in [2.45, 2.75) is 24.9 Å². The maximum Gasteiger partial charge on any atom is 0.326 e. The lowest BCUT2D eigenvalue weighted by molar-refractivity contribution is -0.142. The lowest BCUT2D eigenvalue weighted by Crippen LogP contribution is -2.46. The van der Waals surface area contributed by atoms with E-state index in [-0.39, 0.29) is 31.4 Å². The van der Waals surface area contributed by atoms with Crippen molar-refractivity contribution in [1.82, 2.24) is 10.6 Å². The van der Waals surface area contributed by atoms with Crippen molar-refractivity contribution in [1.29, 1.82) is 0 Å². The summed E-state index contributed by atoms with van der Waals surface area (Å²) in [7, 11) is 0. The van der Waals surface area contributed by atoms with Crippen LogP contribution in [0.4, 0.5) is 0 Å². The van der Waals surface area contributed by atoms with Crippen LogP contribution in [0.15, 0.2) is 0 Å². The fraction of sp³-hybridized carbons (Fsp3) is 0.800. The van der Waals surface area contributed by atoms with Crippen molar-refractivity contribution in [3.05, 3.63) is 0 Å². The van der Waals surface area contributed by atoms with Crippen molar-refractivity contribution in [2.75, 3.05) is 24.7 Å². The van der Waals surface area contributed by atoms with Gasteiger partial charge in [-0.15, -0.1) is 0 Å². The number of nitrogens with one attached hydrogen (secondary N) is 2. The van der Waals surface area contributed by atoms with Gasteiger partial charge < -0.3 is 20.8 Å². The summed E-state index contributed by atoms with van der Waals surface area (Å²) in [5, 5.41) is 23.1. The van der Waals surface area contributed by atoms with Crippen LogP contribution in [0.25, 0.3) is 0 Å². The Morgan fingerprint density at radius 3 is 2.82 bits per heavy atom. The molecule has 17 heavy (non-hydrogen) atoms. The number of thioether (sulfide) groups is 1. The molecule has 7 heteroatoms. The minimum absolute atomic E-state index is 0.0356. The van der Waals surface area contributed by atoms with E-state index in [1.54, 1.807) is 11.8 Å². The molecule has 4 N–H and O–H groups in total. The van der Waals surface area contributed by atoms with Crippen LogP contribution >= 0.6 is 11.8 Å². The number of aliphatic hydroxyl groups excluding tert-OH is 1. The smallest absolute Gasteiger partial charge is 0.326 e. The van der Waals surface area contributed by atoms with E-state index >= 15 is 0 Å². The summed E-state index contributed by atoms with van der Waals surface area (Å²) in [6, 6.07) is -0.888. The molecular weight excluding hydrogens is 244 g/mol. The zero-order chi connectivity index (χ0) is 12.7. The molecule has 1 aliphatic heterocycles. The molecule has 0 spiro atoms. The van der Waals surface area contributed by atoms with Crippen LogP contribution in [0.1, 0.15) is 12.8 Å². The summed E-state index contributed by atoms with van der Waals surface area (Å²) in [4.78, 5) is 22.4.